The molecule has 2 N–H and O–H groups in total. The first-order valence-corrected chi connectivity index (χ1v) is 18.8. The molecule has 0 bridgehead atoms. The molecule has 1 aliphatic carbocycles. The smallest absolute Gasteiger partial charge is 0.260 e. The molecular weight excluding hydrogens is 687 g/mol. The van der Waals surface area contributed by atoms with Gasteiger partial charge in [-0.05, 0) is 81.3 Å². The van der Waals surface area contributed by atoms with Crippen molar-refractivity contribution in [2.24, 2.45) is 5.92 Å². The standard InChI is InChI=1S/C39H43N11O4/c1-24-29-19-28(9-10-32(29)49(44-24)33-11-12-37(51)43-39(33)53)47-16-14-46(15-17-47)22-25-5-7-27(8-6-25)48-23-26-18-30(34(54-2)20-31(26)45-48)38(52)42-36-21-40-35-4-3-13-41-50(35)36/h3-4,9-10,13,18-21,23,25,27,33H,5-8,11-12,14-17,22H2,1-2H3,(H,42,52)(H,43,51,53). The molecule has 15 heteroatoms. The molecule has 1 unspecified atom stereocenters. The van der Waals surface area contributed by atoms with Crippen molar-refractivity contribution in [1.82, 2.24) is 44.4 Å². The number of nitrogens with zero attached hydrogens (tertiary/aromatic N) is 9. The van der Waals surface area contributed by atoms with Crippen LogP contribution < -0.4 is 20.3 Å². The van der Waals surface area contributed by atoms with E-state index in [9.17, 15) is 14.4 Å². The number of piperidine rings is 1. The number of ether oxygens (including phenoxy) is 1. The van der Waals surface area contributed by atoms with E-state index in [-0.39, 0.29) is 17.7 Å². The van der Waals surface area contributed by atoms with Crippen molar-refractivity contribution in [3.63, 3.8) is 0 Å². The number of nitrogens with one attached hydrogen (secondary N) is 2. The number of amides is 3. The zero-order valence-electron chi connectivity index (χ0n) is 30.4. The summed E-state index contributed by atoms with van der Waals surface area (Å²) in [6.07, 6.45) is 10.5. The second-order valence-electron chi connectivity index (χ2n) is 14.8. The van der Waals surface area contributed by atoms with Crippen LogP contribution >= 0.6 is 0 Å². The van der Waals surface area contributed by atoms with Crippen LogP contribution in [0.2, 0.25) is 0 Å². The Balaban J connectivity index is 0.795. The number of imide groups is 1. The Bertz CT molecular complexity index is 2400. The Labute approximate surface area is 311 Å². The minimum Gasteiger partial charge on any atom is -0.496 e. The lowest BCUT2D eigenvalue weighted by atomic mass is 9.85. The number of hydrogen-bond donors (Lipinski definition) is 2. The summed E-state index contributed by atoms with van der Waals surface area (Å²) in [7, 11) is 1.56. The van der Waals surface area contributed by atoms with Crippen molar-refractivity contribution in [2.45, 2.75) is 57.5 Å². The number of piperazine rings is 1. The third-order valence-corrected chi connectivity index (χ3v) is 11.4. The molecular formula is C39H43N11O4. The average Bonchev–Trinajstić information content (AvgIpc) is 3.89. The normalized spacial score (nSPS) is 21.2. The van der Waals surface area contributed by atoms with E-state index in [1.54, 1.807) is 34.8 Å². The molecule has 2 aromatic carbocycles. The number of anilines is 2. The van der Waals surface area contributed by atoms with E-state index in [4.69, 9.17) is 14.9 Å². The SMILES string of the molecule is COc1cc2nn(C3CCC(CN4CCN(c5ccc6c(c5)c(C)nn6C5CCC(=O)NC5=O)CC4)CC3)cc2cc1C(=O)Nc1cnc2cccnn12. The number of imidazole rings is 1. The molecule has 3 aliphatic rings. The average molecular weight is 730 g/mol. The molecule has 0 spiro atoms. The van der Waals surface area contributed by atoms with Crippen molar-refractivity contribution < 1.29 is 19.1 Å². The van der Waals surface area contributed by atoms with Gasteiger partial charge in [0.05, 0.1) is 41.6 Å². The van der Waals surface area contributed by atoms with Gasteiger partial charge >= 0.3 is 0 Å². The van der Waals surface area contributed by atoms with Crippen molar-refractivity contribution in [2.75, 3.05) is 50.1 Å². The number of aryl methyl sites for hydroxylation is 1. The predicted molar refractivity (Wildman–Crippen MR) is 203 cm³/mol. The van der Waals surface area contributed by atoms with Gasteiger partial charge in [-0.2, -0.15) is 19.8 Å². The van der Waals surface area contributed by atoms with E-state index < -0.39 is 6.04 Å². The Morgan fingerprint density at radius 1 is 1.00 bits per heavy atom. The third kappa shape index (κ3) is 6.31. The van der Waals surface area contributed by atoms with Crippen LogP contribution in [0, 0.1) is 12.8 Å². The Morgan fingerprint density at radius 3 is 2.63 bits per heavy atom. The third-order valence-electron chi connectivity index (χ3n) is 11.4. The van der Waals surface area contributed by atoms with Gasteiger partial charge in [0.1, 0.15) is 11.8 Å². The van der Waals surface area contributed by atoms with Crippen LogP contribution in [0.4, 0.5) is 11.5 Å². The molecule has 0 radical (unpaired) electrons. The lowest BCUT2D eigenvalue weighted by Crippen LogP contribution is -2.48. The fourth-order valence-electron chi connectivity index (χ4n) is 8.48. The van der Waals surface area contributed by atoms with Crippen LogP contribution in [0.1, 0.15) is 66.7 Å². The first-order valence-electron chi connectivity index (χ1n) is 18.8. The number of hydrogen-bond acceptors (Lipinski definition) is 10. The van der Waals surface area contributed by atoms with Crippen molar-refractivity contribution >= 4 is 56.7 Å². The molecule has 15 nitrogen and oxygen atoms in total. The van der Waals surface area contributed by atoms with Crippen LogP contribution in [0.25, 0.3) is 27.5 Å². The summed E-state index contributed by atoms with van der Waals surface area (Å²) < 4.78 is 11.1. The zero-order valence-corrected chi connectivity index (χ0v) is 30.4. The molecule has 6 aromatic rings. The topological polar surface area (TPSA) is 157 Å². The summed E-state index contributed by atoms with van der Waals surface area (Å²) in [5, 5.41) is 21.2. The Hall–Kier alpha value is -5.83. The highest BCUT2D eigenvalue weighted by Gasteiger charge is 2.31. The monoisotopic (exact) mass is 729 g/mol. The molecule has 3 amide bonds. The molecule has 6 heterocycles. The fraction of sp³-hybridized carbons (Fsp3) is 0.410. The second kappa shape index (κ2) is 13.9. The number of carbonyl (C=O) groups is 3. The number of rotatable bonds is 8. The summed E-state index contributed by atoms with van der Waals surface area (Å²) in [4.78, 5) is 47.0. The van der Waals surface area contributed by atoms with Crippen LogP contribution in [0.5, 0.6) is 5.75 Å². The summed E-state index contributed by atoms with van der Waals surface area (Å²) in [6, 6.07) is 13.6. The Morgan fingerprint density at radius 2 is 1.83 bits per heavy atom. The highest BCUT2D eigenvalue weighted by atomic mass is 16.5. The zero-order chi connectivity index (χ0) is 36.9. The molecule has 3 fully saturated rings. The summed E-state index contributed by atoms with van der Waals surface area (Å²) >= 11 is 0. The van der Waals surface area contributed by atoms with Gasteiger partial charge in [0.15, 0.2) is 11.5 Å². The fourth-order valence-corrected chi connectivity index (χ4v) is 8.48. The molecule has 2 saturated heterocycles. The maximum Gasteiger partial charge on any atom is 0.260 e. The summed E-state index contributed by atoms with van der Waals surface area (Å²) in [5.74, 6) is 0.801. The lowest BCUT2D eigenvalue weighted by molar-refractivity contribution is -0.135. The van der Waals surface area contributed by atoms with Gasteiger partial charge in [-0.15, -0.1) is 0 Å². The number of aromatic nitrogens is 7. The first kappa shape index (κ1) is 34.0. The number of benzene rings is 2. The Kier molecular flexibility index (Phi) is 8.72. The highest BCUT2D eigenvalue weighted by molar-refractivity contribution is 6.08. The van der Waals surface area contributed by atoms with Gasteiger partial charge in [-0.1, -0.05) is 0 Å². The van der Waals surface area contributed by atoms with E-state index in [1.807, 2.05) is 25.1 Å². The molecule has 9 rings (SSSR count). The minimum absolute atomic E-state index is 0.220. The maximum absolute atomic E-state index is 13.4. The van der Waals surface area contributed by atoms with Crippen LogP contribution in [-0.4, -0.2) is 96.6 Å². The van der Waals surface area contributed by atoms with E-state index in [1.165, 1.54) is 5.69 Å². The molecule has 2 aliphatic heterocycles. The van der Waals surface area contributed by atoms with Crippen LogP contribution in [0.15, 0.2) is 61.1 Å². The van der Waals surface area contributed by atoms with E-state index in [0.29, 0.717) is 47.6 Å². The molecule has 1 saturated carbocycles. The van der Waals surface area contributed by atoms with E-state index in [0.717, 1.165) is 85.9 Å². The highest BCUT2D eigenvalue weighted by Crippen LogP contribution is 2.35. The maximum atomic E-state index is 13.4. The van der Waals surface area contributed by atoms with E-state index in [2.05, 4.69) is 59.6 Å². The van der Waals surface area contributed by atoms with E-state index >= 15 is 0 Å². The summed E-state index contributed by atoms with van der Waals surface area (Å²) in [6.45, 7) is 7.04. The quantitative estimate of drug-likeness (QED) is 0.214. The largest absolute Gasteiger partial charge is 0.496 e. The molecule has 54 heavy (non-hydrogen) atoms. The van der Waals surface area contributed by atoms with Crippen LogP contribution in [0.3, 0.4) is 0 Å². The van der Waals surface area contributed by atoms with Gasteiger partial charge in [0, 0.05) is 74.1 Å². The molecule has 4 aromatic heterocycles. The summed E-state index contributed by atoms with van der Waals surface area (Å²) in [5.41, 5.74) is 4.87. The van der Waals surface area contributed by atoms with Gasteiger partial charge in [-0.25, -0.2) is 4.98 Å². The van der Waals surface area contributed by atoms with Crippen molar-refractivity contribution in [3.05, 3.63) is 72.3 Å². The van der Waals surface area contributed by atoms with Crippen molar-refractivity contribution in [3.8, 4) is 5.75 Å². The lowest BCUT2D eigenvalue weighted by Gasteiger charge is -2.39. The molecule has 1 atom stereocenters. The minimum atomic E-state index is -0.464. The number of methoxy groups -OCH3 is 1. The van der Waals surface area contributed by atoms with Gasteiger partial charge < -0.3 is 15.0 Å². The predicted octanol–water partition coefficient (Wildman–Crippen LogP) is 4.53. The molecule has 278 valence electrons. The van der Waals surface area contributed by atoms with Crippen LogP contribution in [-0.2, 0) is 9.59 Å². The van der Waals surface area contributed by atoms with Gasteiger partial charge in [-0.3, -0.25) is 34.0 Å². The first-order chi connectivity index (χ1) is 26.3. The van der Waals surface area contributed by atoms with Gasteiger partial charge in [0.2, 0.25) is 5.91 Å². The number of carbonyl (C=O) groups excluding carboxylic acids is 3. The van der Waals surface area contributed by atoms with Crippen molar-refractivity contribution in [1.29, 1.82) is 0 Å². The second-order valence-corrected chi connectivity index (χ2v) is 14.8. The van der Waals surface area contributed by atoms with Gasteiger partial charge in [0.25, 0.3) is 11.8 Å². The number of fused-ring (bicyclic) bond motifs is 3.